The van der Waals surface area contributed by atoms with Crippen LogP contribution in [0.5, 0.6) is 0 Å². The third-order valence-corrected chi connectivity index (χ3v) is 3.69. The van der Waals surface area contributed by atoms with Crippen LogP contribution in [-0.2, 0) is 9.53 Å². The lowest BCUT2D eigenvalue weighted by molar-refractivity contribution is -0.167. The first-order valence-corrected chi connectivity index (χ1v) is 7.03. The van der Waals surface area contributed by atoms with E-state index in [0.29, 0.717) is 11.8 Å². The number of esters is 1. The summed E-state index contributed by atoms with van der Waals surface area (Å²) in [4.78, 5) is 11.6. The van der Waals surface area contributed by atoms with E-state index in [2.05, 4.69) is 41.2 Å². The van der Waals surface area contributed by atoms with Gasteiger partial charge in [-0.3, -0.25) is 0 Å². The first kappa shape index (κ1) is 15.3. The maximum Gasteiger partial charge on any atom is 0.330 e. The van der Waals surface area contributed by atoms with Gasteiger partial charge < -0.3 is 4.74 Å². The normalized spacial score (nSPS) is 31.1. The Morgan fingerprint density at radius 2 is 2.06 bits per heavy atom. The molecule has 1 rings (SSSR count). The van der Waals surface area contributed by atoms with Crippen LogP contribution in [0.25, 0.3) is 0 Å². The Bertz CT molecular complexity index is 313. The second kappa shape index (κ2) is 5.46. The SMILES string of the molecule is C=CC(=O)OC1(CC(C)C)CC(C)CC(C)(C)C1. The molecule has 0 aliphatic heterocycles. The van der Waals surface area contributed by atoms with E-state index >= 15 is 0 Å². The van der Waals surface area contributed by atoms with Gasteiger partial charge in [-0.05, 0) is 42.9 Å². The lowest BCUT2D eigenvalue weighted by atomic mass is 9.64. The van der Waals surface area contributed by atoms with Gasteiger partial charge in [0.1, 0.15) is 5.60 Å². The molecule has 0 heterocycles. The zero-order valence-corrected chi connectivity index (χ0v) is 12.6. The van der Waals surface area contributed by atoms with E-state index in [1.54, 1.807) is 0 Å². The highest BCUT2D eigenvalue weighted by atomic mass is 16.6. The number of ether oxygens (including phenoxy) is 1. The summed E-state index contributed by atoms with van der Waals surface area (Å²) in [6, 6.07) is 0. The van der Waals surface area contributed by atoms with E-state index in [-0.39, 0.29) is 17.0 Å². The molecule has 0 spiro atoms. The summed E-state index contributed by atoms with van der Waals surface area (Å²) in [7, 11) is 0. The van der Waals surface area contributed by atoms with Crippen molar-refractivity contribution in [2.45, 2.75) is 65.9 Å². The number of hydrogen-bond donors (Lipinski definition) is 0. The highest BCUT2D eigenvalue weighted by Crippen LogP contribution is 2.48. The summed E-state index contributed by atoms with van der Waals surface area (Å²) >= 11 is 0. The van der Waals surface area contributed by atoms with Gasteiger partial charge in [0, 0.05) is 6.08 Å². The van der Waals surface area contributed by atoms with E-state index in [0.717, 1.165) is 19.3 Å². The van der Waals surface area contributed by atoms with Gasteiger partial charge in [0.2, 0.25) is 0 Å². The van der Waals surface area contributed by atoms with Gasteiger partial charge >= 0.3 is 5.97 Å². The third kappa shape index (κ3) is 4.15. The Morgan fingerprint density at radius 3 is 2.50 bits per heavy atom. The minimum atomic E-state index is -0.291. The van der Waals surface area contributed by atoms with Crippen LogP contribution in [0.15, 0.2) is 12.7 Å². The third-order valence-electron chi connectivity index (χ3n) is 3.69. The van der Waals surface area contributed by atoms with Crippen LogP contribution < -0.4 is 0 Å². The van der Waals surface area contributed by atoms with Crippen LogP contribution >= 0.6 is 0 Å². The first-order chi connectivity index (χ1) is 8.18. The fourth-order valence-corrected chi connectivity index (χ4v) is 3.94. The average molecular weight is 252 g/mol. The molecule has 2 heteroatoms. The van der Waals surface area contributed by atoms with E-state index in [4.69, 9.17) is 4.74 Å². The fraction of sp³-hybridized carbons (Fsp3) is 0.812. The summed E-state index contributed by atoms with van der Waals surface area (Å²) in [6.07, 6.45) is 5.38. The monoisotopic (exact) mass is 252 g/mol. The van der Waals surface area contributed by atoms with Crippen LogP contribution in [-0.4, -0.2) is 11.6 Å². The zero-order chi connectivity index (χ0) is 14.0. The lowest BCUT2D eigenvalue weighted by Gasteiger charge is -2.47. The van der Waals surface area contributed by atoms with Gasteiger partial charge in [-0.15, -0.1) is 0 Å². The van der Waals surface area contributed by atoms with E-state index < -0.39 is 0 Å². The molecular weight excluding hydrogens is 224 g/mol. The van der Waals surface area contributed by atoms with Crippen LogP contribution in [0.2, 0.25) is 0 Å². The molecule has 0 aromatic heterocycles. The molecule has 1 aliphatic rings. The van der Waals surface area contributed by atoms with Crippen molar-refractivity contribution in [3.05, 3.63) is 12.7 Å². The molecule has 0 aromatic rings. The highest BCUT2D eigenvalue weighted by molar-refractivity contribution is 5.81. The number of carbonyl (C=O) groups excluding carboxylic acids is 1. The fourth-order valence-electron chi connectivity index (χ4n) is 3.94. The summed E-state index contributed by atoms with van der Waals surface area (Å²) in [5, 5.41) is 0. The molecule has 2 nitrogen and oxygen atoms in total. The molecule has 104 valence electrons. The van der Waals surface area contributed by atoms with Crippen molar-refractivity contribution >= 4 is 5.97 Å². The maximum absolute atomic E-state index is 11.6. The van der Waals surface area contributed by atoms with Crippen molar-refractivity contribution in [1.29, 1.82) is 0 Å². The minimum absolute atomic E-state index is 0.244. The second-order valence-corrected chi connectivity index (χ2v) is 7.26. The molecule has 2 atom stereocenters. The Labute approximate surface area is 112 Å². The van der Waals surface area contributed by atoms with Crippen molar-refractivity contribution in [2.24, 2.45) is 17.3 Å². The Balaban J connectivity index is 2.95. The topological polar surface area (TPSA) is 26.3 Å². The molecule has 0 aromatic carbocycles. The summed E-state index contributed by atoms with van der Waals surface area (Å²) in [5.41, 5.74) is -0.0470. The lowest BCUT2D eigenvalue weighted by Crippen LogP contribution is -2.46. The van der Waals surface area contributed by atoms with Crippen molar-refractivity contribution in [1.82, 2.24) is 0 Å². The predicted octanol–water partition coefficient (Wildman–Crippen LogP) is 4.35. The van der Waals surface area contributed by atoms with Gasteiger partial charge in [0.15, 0.2) is 0 Å². The van der Waals surface area contributed by atoms with Crippen LogP contribution in [0, 0.1) is 17.3 Å². The van der Waals surface area contributed by atoms with Gasteiger partial charge in [-0.25, -0.2) is 4.79 Å². The molecule has 0 bridgehead atoms. The van der Waals surface area contributed by atoms with Gasteiger partial charge in [0.05, 0.1) is 0 Å². The highest BCUT2D eigenvalue weighted by Gasteiger charge is 2.45. The summed E-state index contributed by atoms with van der Waals surface area (Å²) in [6.45, 7) is 14.7. The Kier molecular flexibility index (Phi) is 4.63. The maximum atomic E-state index is 11.6. The number of hydrogen-bond acceptors (Lipinski definition) is 2. The molecular formula is C16H28O2. The zero-order valence-electron chi connectivity index (χ0n) is 12.6. The molecule has 1 aliphatic carbocycles. The van der Waals surface area contributed by atoms with Gasteiger partial charge in [0.25, 0.3) is 0 Å². The molecule has 0 N–H and O–H groups in total. The molecule has 1 saturated carbocycles. The molecule has 0 amide bonds. The summed E-state index contributed by atoms with van der Waals surface area (Å²) < 4.78 is 5.79. The van der Waals surface area contributed by atoms with Crippen LogP contribution in [0.1, 0.15) is 60.3 Å². The Hall–Kier alpha value is -0.790. The molecule has 0 radical (unpaired) electrons. The summed E-state index contributed by atoms with van der Waals surface area (Å²) in [5.74, 6) is 0.856. The first-order valence-electron chi connectivity index (χ1n) is 7.03. The van der Waals surface area contributed by atoms with Crippen molar-refractivity contribution in [3.63, 3.8) is 0 Å². The van der Waals surface area contributed by atoms with Crippen molar-refractivity contribution < 1.29 is 9.53 Å². The average Bonchev–Trinajstić information content (AvgIpc) is 2.11. The standard InChI is InChI=1S/C16H28O2/c1-7-14(17)18-16(8-12(2)3)10-13(4)9-15(5,6)11-16/h7,12-13H,1,8-11H2,2-6H3. The van der Waals surface area contributed by atoms with Gasteiger partial charge in [-0.2, -0.15) is 0 Å². The minimum Gasteiger partial charge on any atom is -0.456 e. The largest absolute Gasteiger partial charge is 0.456 e. The molecule has 0 saturated heterocycles. The predicted molar refractivity (Wildman–Crippen MR) is 75.3 cm³/mol. The second-order valence-electron chi connectivity index (χ2n) is 7.26. The van der Waals surface area contributed by atoms with Crippen molar-refractivity contribution in [2.75, 3.05) is 0 Å². The van der Waals surface area contributed by atoms with Crippen LogP contribution in [0.4, 0.5) is 0 Å². The number of carbonyl (C=O) groups is 1. The quantitative estimate of drug-likeness (QED) is 0.549. The Morgan fingerprint density at radius 1 is 1.44 bits per heavy atom. The molecule has 1 fully saturated rings. The molecule has 2 unspecified atom stereocenters. The van der Waals surface area contributed by atoms with Crippen molar-refractivity contribution in [3.8, 4) is 0 Å². The smallest absolute Gasteiger partial charge is 0.330 e. The van der Waals surface area contributed by atoms with E-state index in [9.17, 15) is 4.79 Å². The van der Waals surface area contributed by atoms with E-state index in [1.165, 1.54) is 12.5 Å². The van der Waals surface area contributed by atoms with Gasteiger partial charge in [-0.1, -0.05) is 41.2 Å². The van der Waals surface area contributed by atoms with Crippen LogP contribution in [0.3, 0.4) is 0 Å². The number of rotatable bonds is 4. The van der Waals surface area contributed by atoms with E-state index in [1.807, 2.05) is 0 Å². The molecule has 18 heavy (non-hydrogen) atoms.